The summed E-state index contributed by atoms with van der Waals surface area (Å²) in [7, 11) is 11.8. The Bertz CT molecular complexity index is 2600. The SMILES string of the molecule is CN(C)c1ccc(-c2cnc3c(c2)c(-c2cnc[nH]2)cn3C)cc1.CN(C)c1ccc(-c2cnc3c(c2)c(B2OC(C)(C)C(C)(C)O2)cn3C)cc1.Ic1cnc[nH]1. The van der Waals surface area contributed by atoms with Crippen LogP contribution in [0.4, 0.5) is 11.4 Å². The van der Waals surface area contributed by atoms with Gasteiger partial charge in [-0.25, -0.2) is 19.9 Å². The van der Waals surface area contributed by atoms with Gasteiger partial charge < -0.3 is 38.2 Å². The topological polar surface area (TPSA) is 118 Å². The van der Waals surface area contributed by atoms with Gasteiger partial charge in [0.05, 0.1) is 45.6 Å². The Morgan fingerprint density at radius 2 is 1.10 bits per heavy atom. The molecule has 1 fully saturated rings. The molecule has 14 heteroatoms. The van der Waals surface area contributed by atoms with E-state index in [1.54, 1.807) is 18.9 Å². The second kappa shape index (κ2) is 16.4. The van der Waals surface area contributed by atoms with E-state index in [9.17, 15) is 0 Å². The van der Waals surface area contributed by atoms with Crippen molar-refractivity contribution in [2.24, 2.45) is 14.1 Å². The van der Waals surface area contributed by atoms with Crippen LogP contribution in [0.2, 0.25) is 0 Å². The fourth-order valence-corrected chi connectivity index (χ4v) is 7.09. The molecule has 6 aromatic heterocycles. The molecule has 0 unspecified atom stereocenters. The lowest BCUT2D eigenvalue weighted by molar-refractivity contribution is 0.00578. The standard InChI is InChI=1S/C22H28BN3O2.C19H19N5.C3H3IN2/c1-21(2)22(3,4)28-23(27-21)19-14-26(7)20-18(19)12-16(13-24-20)15-8-10-17(11-9-15)25(5)6;1-23(2)15-6-4-13(5-7-15)14-8-16-17(18-10-20-12-22-18)11-24(3)19(16)21-9-14;4-3-1-5-2-6-3/h8-14H,1-7H3;4-12H,1-3H3,(H,20,22);1-2H,(H,5,6). The Balaban J connectivity index is 0.000000155. The Kier molecular flexibility index (Phi) is 11.5. The van der Waals surface area contributed by atoms with Crippen LogP contribution >= 0.6 is 22.6 Å². The van der Waals surface area contributed by atoms with Crippen molar-refractivity contribution >= 4 is 68.6 Å². The van der Waals surface area contributed by atoms with Crippen LogP contribution in [0.1, 0.15) is 27.7 Å². The predicted molar refractivity (Wildman–Crippen MR) is 246 cm³/mol. The van der Waals surface area contributed by atoms with Gasteiger partial charge in [0, 0.05) is 111 Å². The molecule has 0 aliphatic carbocycles. The van der Waals surface area contributed by atoms with Crippen LogP contribution in [-0.4, -0.2) is 85.5 Å². The number of hydrogen-bond acceptors (Lipinski definition) is 8. The van der Waals surface area contributed by atoms with Crippen molar-refractivity contribution in [3.05, 3.63) is 114 Å². The van der Waals surface area contributed by atoms with Crippen molar-refractivity contribution in [3.8, 4) is 33.5 Å². The molecule has 1 aliphatic rings. The molecule has 0 spiro atoms. The summed E-state index contributed by atoms with van der Waals surface area (Å²) in [4.78, 5) is 27.5. The van der Waals surface area contributed by atoms with Gasteiger partial charge in [-0.2, -0.15) is 0 Å². The number of H-pyrrole nitrogens is 2. The summed E-state index contributed by atoms with van der Waals surface area (Å²) in [5, 5.41) is 2.19. The Morgan fingerprint density at radius 1 is 0.621 bits per heavy atom. The number of nitrogens with zero attached hydrogens (tertiary/aromatic N) is 8. The van der Waals surface area contributed by atoms with Gasteiger partial charge in [0.2, 0.25) is 0 Å². The number of anilines is 2. The number of imidazole rings is 2. The summed E-state index contributed by atoms with van der Waals surface area (Å²) in [6, 6.07) is 21.4. The minimum Gasteiger partial charge on any atom is -0.399 e. The molecule has 0 amide bonds. The number of halogens is 1. The third kappa shape index (κ3) is 8.40. The summed E-state index contributed by atoms with van der Waals surface area (Å²) in [6.07, 6.45) is 15.0. The minimum atomic E-state index is -0.401. The molecule has 1 saturated heterocycles. The van der Waals surface area contributed by atoms with E-state index in [2.05, 4.69) is 158 Å². The van der Waals surface area contributed by atoms with Crippen LogP contribution in [0.5, 0.6) is 0 Å². The first kappa shape index (κ1) is 40.7. The number of aryl methyl sites for hydroxylation is 2. The van der Waals surface area contributed by atoms with E-state index in [1.807, 2.05) is 70.0 Å². The van der Waals surface area contributed by atoms with E-state index >= 15 is 0 Å². The van der Waals surface area contributed by atoms with E-state index < -0.39 is 7.12 Å². The van der Waals surface area contributed by atoms with E-state index in [0.717, 1.165) is 64.7 Å². The zero-order valence-electron chi connectivity index (χ0n) is 34.7. The molecule has 8 aromatic rings. The Hall–Kier alpha value is -5.45. The minimum absolute atomic E-state index is 0.368. The molecule has 1 aliphatic heterocycles. The molecule has 0 atom stereocenters. The van der Waals surface area contributed by atoms with Gasteiger partial charge in [-0.05, 0) is 97.8 Å². The second-order valence-electron chi connectivity index (χ2n) is 15.9. The van der Waals surface area contributed by atoms with Crippen LogP contribution in [-0.2, 0) is 23.4 Å². The highest BCUT2D eigenvalue weighted by molar-refractivity contribution is 14.1. The quantitative estimate of drug-likeness (QED) is 0.127. The maximum Gasteiger partial charge on any atom is 0.497 e. The van der Waals surface area contributed by atoms with E-state index in [4.69, 9.17) is 14.3 Å². The molecule has 0 saturated carbocycles. The summed E-state index contributed by atoms with van der Waals surface area (Å²) in [5.74, 6) is 0. The van der Waals surface area contributed by atoms with Gasteiger partial charge in [0.15, 0.2) is 0 Å². The third-order valence-corrected chi connectivity index (χ3v) is 11.4. The molecule has 2 aromatic carbocycles. The third-order valence-electron chi connectivity index (χ3n) is 10.9. The first-order valence-electron chi connectivity index (χ1n) is 19.1. The number of rotatable bonds is 6. The van der Waals surface area contributed by atoms with Gasteiger partial charge in [-0.3, -0.25) is 0 Å². The van der Waals surface area contributed by atoms with Crippen molar-refractivity contribution in [1.82, 2.24) is 39.0 Å². The normalized spacial score (nSPS) is 14.2. The lowest BCUT2D eigenvalue weighted by atomic mass is 9.79. The first-order chi connectivity index (χ1) is 27.6. The molecule has 0 bridgehead atoms. The highest BCUT2D eigenvalue weighted by atomic mass is 127. The molecule has 58 heavy (non-hydrogen) atoms. The smallest absolute Gasteiger partial charge is 0.399 e. The van der Waals surface area contributed by atoms with Gasteiger partial charge in [-0.15, -0.1) is 0 Å². The molecular weight excluding hydrogens is 838 g/mol. The number of hydrogen-bond donors (Lipinski definition) is 2. The number of aromatic amines is 2. The Labute approximate surface area is 354 Å². The Morgan fingerprint density at radius 3 is 1.55 bits per heavy atom. The van der Waals surface area contributed by atoms with Crippen LogP contribution in [0.25, 0.3) is 55.6 Å². The lowest BCUT2D eigenvalue weighted by Gasteiger charge is -2.32. The highest BCUT2D eigenvalue weighted by Crippen LogP contribution is 2.37. The van der Waals surface area contributed by atoms with E-state index in [0.29, 0.717) is 0 Å². The van der Waals surface area contributed by atoms with E-state index in [-0.39, 0.29) is 11.2 Å². The maximum absolute atomic E-state index is 6.29. The van der Waals surface area contributed by atoms with Crippen LogP contribution < -0.4 is 15.3 Å². The van der Waals surface area contributed by atoms with Gasteiger partial charge in [0.1, 0.15) is 11.3 Å². The van der Waals surface area contributed by atoms with Gasteiger partial charge in [0.25, 0.3) is 0 Å². The summed E-state index contributed by atoms with van der Waals surface area (Å²) in [6.45, 7) is 8.31. The second-order valence-corrected chi connectivity index (χ2v) is 17.0. The van der Waals surface area contributed by atoms with Crippen molar-refractivity contribution in [1.29, 1.82) is 0 Å². The number of pyridine rings is 2. The maximum atomic E-state index is 6.29. The largest absolute Gasteiger partial charge is 0.497 e. The highest BCUT2D eigenvalue weighted by Gasteiger charge is 2.52. The fraction of sp³-hybridized carbons (Fsp3) is 0.273. The first-order valence-corrected chi connectivity index (χ1v) is 20.1. The van der Waals surface area contributed by atoms with Crippen molar-refractivity contribution in [2.45, 2.75) is 38.9 Å². The lowest BCUT2D eigenvalue weighted by Crippen LogP contribution is -2.41. The molecule has 7 heterocycles. The van der Waals surface area contributed by atoms with Crippen molar-refractivity contribution in [3.63, 3.8) is 0 Å². The average Bonchev–Trinajstić information content (AvgIpc) is 4.05. The number of fused-ring (bicyclic) bond motifs is 2. The summed E-state index contributed by atoms with van der Waals surface area (Å²) in [5.41, 5.74) is 11.2. The van der Waals surface area contributed by atoms with Crippen LogP contribution in [0.15, 0.2) is 110 Å². The van der Waals surface area contributed by atoms with Crippen LogP contribution in [0, 0.1) is 3.70 Å². The molecule has 12 nitrogen and oxygen atoms in total. The van der Waals surface area contributed by atoms with E-state index in [1.165, 1.54) is 11.4 Å². The predicted octanol–water partition coefficient (Wildman–Crippen LogP) is 8.32. The number of benzene rings is 2. The zero-order valence-corrected chi connectivity index (χ0v) is 36.9. The molecule has 298 valence electrons. The zero-order chi connectivity index (χ0) is 41.4. The molecular formula is C44H50BIN10O2. The number of aromatic nitrogens is 8. The van der Waals surface area contributed by atoms with Crippen molar-refractivity contribution < 1.29 is 9.31 Å². The molecule has 2 N–H and O–H groups in total. The number of nitrogens with one attached hydrogen (secondary N) is 2. The van der Waals surface area contributed by atoms with Gasteiger partial charge in [-0.1, -0.05) is 24.3 Å². The van der Waals surface area contributed by atoms with Crippen molar-refractivity contribution in [2.75, 3.05) is 38.0 Å². The van der Waals surface area contributed by atoms with Gasteiger partial charge >= 0.3 is 7.12 Å². The fourth-order valence-electron chi connectivity index (χ4n) is 6.79. The monoisotopic (exact) mass is 888 g/mol. The molecule has 9 rings (SSSR count). The molecule has 0 radical (unpaired) electrons. The van der Waals surface area contributed by atoms with Crippen LogP contribution in [0.3, 0.4) is 0 Å². The summed E-state index contributed by atoms with van der Waals surface area (Å²) >= 11 is 2.16. The summed E-state index contributed by atoms with van der Waals surface area (Å²) < 4.78 is 17.7. The average molecular weight is 889 g/mol.